The Kier molecular flexibility index (Phi) is 5.56. The molecule has 0 radical (unpaired) electrons. The smallest absolute Gasteiger partial charge is 0.229 e. The van der Waals surface area contributed by atoms with Gasteiger partial charge in [-0.05, 0) is 56.0 Å². The Morgan fingerprint density at radius 1 is 1.00 bits per heavy atom. The SMILES string of the molecule is Cc1cccc(NC(=O)C2CCCN(c3ccc(-c4ccccc4)nn3)C2)c1C. The molecule has 1 aliphatic rings. The molecule has 1 aromatic heterocycles. The van der Waals surface area contributed by atoms with Gasteiger partial charge in [-0.1, -0.05) is 42.5 Å². The van der Waals surface area contributed by atoms with Crippen LogP contribution in [0.5, 0.6) is 0 Å². The van der Waals surface area contributed by atoms with E-state index in [1.807, 2.05) is 61.5 Å². The van der Waals surface area contributed by atoms with Gasteiger partial charge < -0.3 is 10.2 Å². The van der Waals surface area contributed by atoms with Gasteiger partial charge in [0.1, 0.15) is 0 Å². The molecule has 0 saturated carbocycles. The largest absolute Gasteiger partial charge is 0.354 e. The van der Waals surface area contributed by atoms with Crippen molar-refractivity contribution in [3.63, 3.8) is 0 Å². The van der Waals surface area contributed by atoms with Gasteiger partial charge in [0.15, 0.2) is 5.82 Å². The number of hydrogen-bond donors (Lipinski definition) is 1. The van der Waals surface area contributed by atoms with Crippen molar-refractivity contribution >= 4 is 17.4 Å². The maximum absolute atomic E-state index is 12.9. The molecule has 1 atom stereocenters. The summed E-state index contributed by atoms with van der Waals surface area (Å²) in [5.74, 6) is 0.852. The van der Waals surface area contributed by atoms with Gasteiger partial charge in [0.05, 0.1) is 11.6 Å². The van der Waals surface area contributed by atoms with E-state index in [0.717, 1.165) is 47.7 Å². The van der Waals surface area contributed by atoms with Crippen LogP contribution in [0.25, 0.3) is 11.3 Å². The van der Waals surface area contributed by atoms with E-state index in [0.29, 0.717) is 6.54 Å². The summed E-state index contributed by atoms with van der Waals surface area (Å²) in [7, 11) is 0. The van der Waals surface area contributed by atoms with E-state index in [1.165, 1.54) is 5.56 Å². The van der Waals surface area contributed by atoms with Crippen LogP contribution in [0.2, 0.25) is 0 Å². The highest BCUT2D eigenvalue weighted by Crippen LogP contribution is 2.25. The van der Waals surface area contributed by atoms with E-state index in [9.17, 15) is 4.79 Å². The summed E-state index contributed by atoms with van der Waals surface area (Å²) in [4.78, 5) is 15.0. The third-order valence-electron chi connectivity index (χ3n) is 5.70. The lowest BCUT2D eigenvalue weighted by atomic mass is 9.96. The van der Waals surface area contributed by atoms with Crippen LogP contribution in [0.15, 0.2) is 60.7 Å². The Balaban J connectivity index is 1.44. The number of amides is 1. The Morgan fingerprint density at radius 3 is 2.59 bits per heavy atom. The molecule has 148 valence electrons. The van der Waals surface area contributed by atoms with E-state index in [-0.39, 0.29) is 11.8 Å². The fourth-order valence-corrected chi connectivity index (χ4v) is 3.78. The Hall–Kier alpha value is -3.21. The first-order valence-electron chi connectivity index (χ1n) is 10.1. The van der Waals surface area contributed by atoms with E-state index in [1.54, 1.807) is 0 Å². The molecule has 1 fully saturated rings. The second-order valence-electron chi connectivity index (χ2n) is 7.66. The molecule has 1 N–H and O–H groups in total. The minimum atomic E-state index is -0.0562. The molecule has 5 heteroatoms. The van der Waals surface area contributed by atoms with Gasteiger partial charge in [-0.2, -0.15) is 0 Å². The van der Waals surface area contributed by atoms with E-state index < -0.39 is 0 Å². The van der Waals surface area contributed by atoms with Crippen LogP contribution in [0.1, 0.15) is 24.0 Å². The highest BCUT2D eigenvalue weighted by Gasteiger charge is 2.27. The van der Waals surface area contributed by atoms with Crippen molar-refractivity contribution in [2.45, 2.75) is 26.7 Å². The molecule has 1 amide bonds. The summed E-state index contributed by atoms with van der Waals surface area (Å²) in [6, 6.07) is 20.0. The van der Waals surface area contributed by atoms with Gasteiger partial charge in [0, 0.05) is 24.3 Å². The molecular formula is C24H26N4O. The zero-order valence-corrected chi connectivity index (χ0v) is 16.9. The van der Waals surface area contributed by atoms with Crippen molar-refractivity contribution in [3.8, 4) is 11.3 Å². The molecule has 1 saturated heterocycles. The summed E-state index contributed by atoms with van der Waals surface area (Å²) in [5, 5.41) is 11.9. The number of nitrogens with one attached hydrogen (secondary N) is 1. The summed E-state index contributed by atoms with van der Waals surface area (Å²) in [5.41, 5.74) is 5.11. The predicted octanol–water partition coefficient (Wildman–Crippen LogP) is 4.62. The third kappa shape index (κ3) is 4.29. The van der Waals surface area contributed by atoms with Gasteiger partial charge in [-0.3, -0.25) is 4.79 Å². The minimum Gasteiger partial charge on any atom is -0.354 e. The molecule has 2 aromatic carbocycles. The topological polar surface area (TPSA) is 58.1 Å². The van der Waals surface area contributed by atoms with Crippen molar-refractivity contribution in [2.24, 2.45) is 5.92 Å². The van der Waals surface area contributed by atoms with Gasteiger partial charge >= 0.3 is 0 Å². The number of nitrogens with zero attached hydrogens (tertiary/aromatic N) is 3. The maximum atomic E-state index is 12.9. The number of hydrogen-bond acceptors (Lipinski definition) is 4. The van der Waals surface area contributed by atoms with Crippen molar-refractivity contribution in [1.29, 1.82) is 0 Å². The second kappa shape index (κ2) is 8.43. The first-order valence-corrected chi connectivity index (χ1v) is 10.1. The number of carbonyl (C=O) groups excluding carboxylic acids is 1. The summed E-state index contributed by atoms with van der Waals surface area (Å²) < 4.78 is 0. The Labute approximate surface area is 171 Å². The van der Waals surface area contributed by atoms with E-state index >= 15 is 0 Å². The number of carbonyl (C=O) groups is 1. The van der Waals surface area contributed by atoms with Crippen molar-refractivity contribution in [1.82, 2.24) is 10.2 Å². The van der Waals surface area contributed by atoms with E-state index in [4.69, 9.17) is 0 Å². The molecule has 2 heterocycles. The van der Waals surface area contributed by atoms with E-state index in [2.05, 4.69) is 33.4 Å². The second-order valence-corrected chi connectivity index (χ2v) is 7.66. The lowest BCUT2D eigenvalue weighted by Gasteiger charge is -2.32. The Bertz CT molecular complexity index is 986. The molecule has 4 rings (SSSR count). The standard InChI is InChI=1S/C24H26N4O/c1-17-8-6-12-21(18(17)2)25-24(29)20-11-7-15-28(16-20)23-14-13-22(26-27-23)19-9-4-3-5-10-19/h3-6,8-10,12-14,20H,7,11,15-16H2,1-2H3,(H,25,29). The van der Waals surface area contributed by atoms with Crippen molar-refractivity contribution in [2.75, 3.05) is 23.3 Å². The lowest BCUT2D eigenvalue weighted by Crippen LogP contribution is -2.41. The molecule has 0 aliphatic carbocycles. The number of benzene rings is 2. The van der Waals surface area contributed by atoms with Crippen LogP contribution in [0, 0.1) is 19.8 Å². The number of piperidine rings is 1. The molecule has 1 unspecified atom stereocenters. The molecular weight excluding hydrogens is 360 g/mol. The summed E-state index contributed by atoms with van der Waals surface area (Å²) >= 11 is 0. The fourth-order valence-electron chi connectivity index (χ4n) is 3.78. The number of aryl methyl sites for hydroxylation is 1. The molecule has 0 spiro atoms. The number of rotatable bonds is 4. The van der Waals surface area contributed by atoms with Crippen LogP contribution in [-0.4, -0.2) is 29.2 Å². The lowest BCUT2D eigenvalue weighted by molar-refractivity contribution is -0.120. The highest BCUT2D eigenvalue weighted by atomic mass is 16.1. The highest BCUT2D eigenvalue weighted by molar-refractivity contribution is 5.93. The molecule has 29 heavy (non-hydrogen) atoms. The molecule has 0 bridgehead atoms. The van der Waals surface area contributed by atoms with Crippen LogP contribution >= 0.6 is 0 Å². The number of aromatic nitrogens is 2. The molecule has 3 aromatic rings. The van der Waals surface area contributed by atoms with Gasteiger partial charge in [-0.25, -0.2) is 0 Å². The minimum absolute atomic E-state index is 0.0562. The summed E-state index contributed by atoms with van der Waals surface area (Å²) in [6.45, 7) is 5.66. The van der Waals surface area contributed by atoms with Gasteiger partial charge in [0.25, 0.3) is 0 Å². The third-order valence-corrected chi connectivity index (χ3v) is 5.70. The first kappa shape index (κ1) is 19.1. The summed E-state index contributed by atoms with van der Waals surface area (Å²) in [6.07, 6.45) is 1.86. The quantitative estimate of drug-likeness (QED) is 0.711. The van der Waals surface area contributed by atoms with Gasteiger partial charge in [-0.15, -0.1) is 10.2 Å². The van der Waals surface area contributed by atoms with Crippen LogP contribution in [0.4, 0.5) is 11.5 Å². The number of anilines is 2. The maximum Gasteiger partial charge on any atom is 0.229 e. The molecule has 1 aliphatic heterocycles. The predicted molar refractivity (Wildman–Crippen MR) is 117 cm³/mol. The normalized spacial score (nSPS) is 16.5. The zero-order valence-electron chi connectivity index (χ0n) is 16.9. The average Bonchev–Trinajstić information content (AvgIpc) is 2.78. The fraction of sp³-hybridized carbons (Fsp3) is 0.292. The van der Waals surface area contributed by atoms with Crippen LogP contribution in [-0.2, 0) is 4.79 Å². The zero-order chi connectivity index (χ0) is 20.2. The average molecular weight is 386 g/mol. The monoisotopic (exact) mass is 386 g/mol. The first-order chi connectivity index (χ1) is 14.1. The Morgan fingerprint density at radius 2 is 1.83 bits per heavy atom. The van der Waals surface area contributed by atoms with Crippen LogP contribution < -0.4 is 10.2 Å². The van der Waals surface area contributed by atoms with Crippen LogP contribution in [0.3, 0.4) is 0 Å². The van der Waals surface area contributed by atoms with Crippen molar-refractivity contribution < 1.29 is 4.79 Å². The van der Waals surface area contributed by atoms with Gasteiger partial charge in [0.2, 0.25) is 5.91 Å². The van der Waals surface area contributed by atoms with Crippen molar-refractivity contribution in [3.05, 3.63) is 71.8 Å². The molecule has 5 nitrogen and oxygen atoms in total.